The van der Waals surface area contributed by atoms with Crippen LogP contribution in [0.15, 0.2) is 48.5 Å². The van der Waals surface area contributed by atoms with E-state index in [1.54, 1.807) is 37.5 Å². The summed E-state index contributed by atoms with van der Waals surface area (Å²) in [7, 11) is 4.54. The maximum atomic E-state index is 12.5. The first-order valence-corrected chi connectivity index (χ1v) is 14.6. The number of aliphatic hydroxyl groups excluding tert-OH is 3. The molecule has 7 unspecified atom stereocenters. The highest BCUT2D eigenvalue weighted by atomic mass is 16.7. The summed E-state index contributed by atoms with van der Waals surface area (Å²) in [5.41, 5.74) is 0.782. The number of likely N-dealkylation sites (N-methyl/N-ethyl adjacent to an activating group) is 1. The van der Waals surface area contributed by atoms with Crippen molar-refractivity contribution in [2.75, 3.05) is 34.4 Å². The lowest BCUT2D eigenvalue weighted by atomic mass is 9.81. The van der Waals surface area contributed by atoms with Crippen LogP contribution < -0.4 is 29.0 Å². The smallest absolute Gasteiger partial charge is 0.340 e. The van der Waals surface area contributed by atoms with E-state index in [4.69, 9.17) is 28.4 Å². The van der Waals surface area contributed by atoms with Gasteiger partial charge in [-0.05, 0) is 54.6 Å². The van der Waals surface area contributed by atoms with Crippen LogP contribution >= 0.6 is 0 Å². The van der Waals surface area contributed by atoms with Gasteiger partial charge in [-0.1, -0.05) is 18.2 Å². The Morgan fingerprint density at radius 3 is 2.57 bits per heavy atom. The highest BCUT2D eigenvalue weighted by molar-refractivity contribution is 5.83. The van der Waals surface area contributed by atoms with E-state index < -0.39 is 48.3 Å². The number of carboxylic acid groups (broad SMARTS) is 1. The number of ether oxygens (including phenoxy) is 6. The van der Waals surface area contributed by atoms with Crippen molar-refractivity contribution in [3.8, 4) is 45.6 Å². The Morgan fingerprint density at radius 1 is 1.07 bits per heavy atom. The van der Waals surface area contributed by atoms with Gasteiger partial charge in [-0.3, -0.25) is 0 Å². The lowest BCUT2D eigenvalue weighted by molar-refractivity contribution is -0.340. The van der Waals surface area contributed by atoms with Crippen LogP contribution in [0.2, 0.25) is 0 Å². The van der Waals surface area contributed by atoms with Gasteiger partial charge in [0.15, 0.2) is 17.6 Å². The first-order chi connectivity index (χ1) is 22.1. The summed E-state index contributed by atoms with van der Waals surface area (Å²) >= 11 is 0. The largest absolute Gasteiger partial charge is 0.508 e. The molecule has 0 amide bonds. The molecule has 3 aromatic carbocycles. The monoisotopic (exact) mass is 635 g/mol. The molecule has 4 aliphatic rings. The third-order valence-corrected chi connectivity index (χ3v) is 9.14. The molecule has 1 fully saturated rings. The van der Waals surface area contributed by atoms with Crippen molar-refractivity contribution in [2.45, 2.75) is 41.7 Å². The number of nitrogens with one attached hydrogen (secondary N) is 1. The van der Waals surface area contributed by atoms with Crippen LogP contribution in [0.4, 0.5) is 0 Å². The molecule has 3 aromatic rings. The number of phenols is 1. The van der Waals surface area contributed by atoms with Gasteiger partial charge >= 0.3 is 5.97 Å². The van der Waals surface area contributed by atoms with E-state index in [2.05, 4.69) is 5.32 Å². The zero-order chi connectivity index (χ0) is 32.5. The van der Waals surface area contributed by atoms with E-state index in [0.717, 1.165) is 5.56 Å². The molecule has 13 nitrogen and oxygen atoms in total. The molecule has 0 aliphatic carbocycles. The maximum Gasteiger partial charge on any atom is 0.340 e. The Bertz CT molecular complexity index is 1760. The first kappa shape index (κ1) is 30.1. The van der Waals surface area contributed by atoms with Crippen LogP contribution in [0.25, 0.3) is 17.2 Å². The van der Waals surface area contributed by atoms with Gasteiger partial charge in [0, 0.05) is 17.7 Å². The molecule has 7 atom stereocenters. The number of aliphatic hydroxyl groups is 3. The van der Waals surface area contributed by atoms with E-state index >= 15 is 0 Å². The molecule has 4 heterocycles. The fourth-order valence-electron chi connectivity index (χ4n) is 6.93. The summed E-state index contributed by atoms with van der Waals surface area (Å²) in [5.74, 6) is -1.95. The Labute approximate surface area is 263 Å². The number of aliphatic carboxylic acids is 1. The molecular weight excluding hydrogens is 602 g/mol. The van der Waals surface area contributed by atoms with Crippen molar-refractivity contribution >= 4 is 12.0 Å². The molecule has 6 N–H and O–H groups in total. The Morgan fingerprint density at radius 2 is 1.87 bits per heavy atom. The molecule has 46 heavy (non-hydrogen) atoms. The summed E-state index contributed by atoms with van der Waals surface area (Å²) in [6.45, 7) is -0.181. The molecule has 0 saturated carbocycles. The molecule has 0 bridgehead atoms. The van der Waals surface area contributed by atoms with Gasteiger partial charge in [0.1, 0.15) is 35.6 Å². The summed E-state index contributed by atoms with van der Waals surface area (Å²) in [6.07, 6.45) is -3.48. The Balaban J connectivity index is 1.39. The number of rotatable bonds is 6. The fraction of sp³-hybridized carbons (Fsp3) is 0.364. The molecule has 7 rings (SSSR count). The average Bonchev–Trinajstić information content (AvgIpc) is 3.44. The SMILES string of the molecule is CNCC1(C(=O)O)OC2(C=Cc3c(cc(-c4cccc(O)c4)c4c3OCC3c5ccc(OC)c(OC)c5OC43)O2)C(O)C(O)C1O. The average molecular weight is 636 g/mol. The van der Waals surface area contributed by atoms with Crippen LogP contribution in [0, 0.1) is 0 Å². The Kier molecular flexibility index (Phi) is 7.06. The number of methoxy groups -OCH3 is 2. The summed E-state index contributed by atoms with van der Waals surface area (Å²) in [4.78, 5) is 12.5. The summed E-state index contributed by atoms with van der Waals surface area (Å²) in [5, 5.41) is 56.1. The number of fused-ring (bicyclic) bond motifs is 7. The number of carbonyl (C=O) groups is 1. The van der Waals surface area contributed by atoms with Gasteiger partial charge < -0.3 is 59.3 Å². The predicted molar refractivity (Wildman–Crippen MR) is 160 cm³/mol. The van der Waals surface area contributed by atoms with Crippen molar-refractivity contribution in [2.24, 2.45) is 0 Å². The molecule has 0 aromatic heterocycles. The molecular formula is C33H33NO12. The van der Waals surface area contributed by atoms with E-state index in [-0.39, 0.29) is 24.0 Å². The van der Waals surface area contributed by atoms with E-state index in [9.17, 15) is 30.3 Å². The number of carboxylic acids is 1. The second kappa shape index (κ2) is 10.8. The van der Waals surface area contributed by atoms with E-state index in [1.165, 1.54) is 26.3 Å². The summed E-state index contributed by atoms with van der Waals surface area (Å²) < 4.78 is 36.5. The standard InChI is InChI=1S/C33H33NO12/c1-34-14-32(31(39)40)29(37)24(36)30(38)33(46-32)10-9-18-22(45-33)12-19(15-5-4-6-16(35)11-15)23-25(18)43-13-20-17-7-8-21(41-2)28(42-3)27(17)44-26(20)23/h4-12,20,24,26,29-30,34-38H,13-14H2,1-3H3,(H,39,40). The van der Waals surface area contributed by atoms with Crippen LogP contribution in [0.5, 0.6) is 34.5 Å². The number of hydrogen-bond donors (Lipinski definition) is 6. The minimum Gasteiger partial charge on any atom is -0.508 e. The molecule has 242 valence electrons. The second-order valence-corrected chi connectivity index (χ2v) is 11.7. The third-order valence-electron chi connectivity index (χ3n) is 9.14. The van der Waals surface area contributed by atoms with Crippen LogP contribution in [0.3, 0.4) is 0 Å². The summed E-state index contributed by atoms with van der Waals surface area (Å²) in [6, 6.07) is 12.0. The van der Waals surface area contributed by atoms with Crippen LogP contribution in [-0.2, 0) is 9.53 Å². The van der Waals surface area contributed by atoms with E-state index in [1.807, 2.05) is 12.1 Å². The maximum absolute atomic E-state index is 12.5. The highest BCUT2D eigenvalue weighted by Gasteiger charge is 2.65. The van der Waals surface area contributed by atoms with Crippen LogP contribution in [0.1, 0.15) is 28.7 Å². The van der Waals surface area contributed by atoms with Crippen molar-refractivity contribution in [3.63, 3.8) is 0 Å². The number of benzene rings is 3. The van der Waals surface area contributed by atoms with Gasteiger partial charge in [-0.2, -0.15) is 0 Å². The lowest BCUT2D eigenvalue weighted by Crippen LogP contribution is -2.75. The molecule has 13 heteroatoms. The number of hydrogen-bond acceptors (Lipinski definition) is 12. The number of aromatic hydroxyl groups is 1. The fourth-order valence-corrected chi connectivity index (χ4v) is 6.93. The van der Waals surface area contributed by atoms with Gasteiger partial charge in [0.25, 0.3) is 5.79 Å². The van der Waals surface area contributed by atoms with Gasteiger partial charge in [-0.25, -0.2) is 4.79 Å². The second-order valence-electron chi connectivity index (χ2n) is 11.7. The molecule has 4 aliphatic heterocycles. The predicted octanol–water partition coefficient (Wildman–Crippen LogP) is 1.94. The molecule has 1 saturated heterocycles. The Hall–Kier alpha value is -4.53. The van der Waals surface area contributed by atoms with Gasteiger partial charge in [0.2, 0.25) is 11.4 Å². The molecule has 0 radical (unpaired) electrons. The zero-order valence-corrected chi connectivity index (χ0v) is 25.1. The highest BCUT2D eigenvalue weighted by Crippen LogP contribution is 2.60. The first-order valence-electron chi connectivity index (χ1n) is 14.6. The minimum atomic E-state index is -2.37. The quantitative estimate of drug-likeness (QED) is 0.231. The van der Waals surface area contributed by atoms with E-state index in [0.29, 0.717) is 45.3 Å². The van der Waals surface area contributed by atoms with Crippen molar-refractivity contribution < 1.29 is 58.7 Å². The third kappa shape index (κ3) is 4.16. The van der Waals surface area contributed by atoms with Crippen molar-refractivity contribution in [3.05, 3.63) is 65.2 Å². The van der Waals surface area contributed by atoms with Crippen molar-refractivity contribution in [1.82, 2.24) is 5.32 Å². The van der Waals surface area contributed by atoms with Crippen molar-refractivity contribution in [1.29, 1.82) is 0 Å². The zero-order valence-electron chi connectivity index (χ0n) is 25.1. The van der Waals surface area contributed by atoms with Gasteiger partial charge in [-0.15, -0.1) is 0 Å². The normalized spacial score (nSPS) is 30.2. The topological polar surface area (TPSA) is 186 Å². The van der Waals surface area contributed by atoms with Crippen LogP contribution in [-0.4, -0.2) is 95.6 Å². The van der Waals surface area contributed by atoms with Gasteiger partial charge in [0.05, 0.1) is 32.3 Å². The molecule has 1 spiro atoms. The number of phenolic OH excluding ortho intramolecular Hbond substituents is 1. The minimum absolute atomic E-state index is 0.0121. The lowest BCUT2D eigenvalue weighted by Gasteiger charge is -2.52.